The molecule has 1 aromatic rings. The van der Waals surface area contributed by atoms with Crippen molar-refractivity contribution in [2.75, 3.05) is 16.8 Å². The van der Waals surface area contributed by atoms with Gasteiger partial charge in [0, 0.05) is 0 Å². The van der Waals surface area contributed by atoms with E-state index in [0.717, 1.165) is 37.1 Å². The molecule has 0 aromatic heterocycles. The lowest BCUT2D eigenvalue weighted by molar-refractivity contribution is -0.147. The van der Waals surface area contributed by atoms with Crippen LogP contribution in [-0.4, -0.2) is 30.1 Å². The Balaban J connectivity index is 1.78. The van der Waals surface area contributed by atoms with Gasteiger partial charge in [0.2, 0.25) is 0 Å². The fraction of sp³-hybridized carbons (Fsp3) is 0.529. The Kier molecular flexibility index (Phi) is 3.81. The van der Waals surface area contributed by atoms with Crippen LogP contribution in [0.2, 0.25) is 0 Å². The van der Waals surface area contributed by atoms with Crippen LogP contribution in [0.5, 0.6) is 0 Å². The van der Waals surface area contributed by atoms with Crippen molar-refractivity contribution in [1.82, 2.24) is 0 Å². The quantitative estimate of drug-likeness (QED) is 0.872. The van der Waals surface area contributed by atoms with E-state index in [1.807, 2.05) is 38.1 Å². The Morgan fingerprint density at radius 1 is 1.32 bits per heavy atom. The summed E-state index contributed by atoms with van der Waals surface area (Å²) in [7, 11) is 0. The standard InChI is InChI=1S/C17H22N2O3/c1-17(2)16(21)19(14-10-6-5-9-13(14)18-17)11-15(20)22-12-7-3-4-8-12/h5-6,9-10,12,18H,3-4,7-8,11H2,1-2H3. The number of nitrogens with one attached hydrogen (secondary N) is 1. The van der Waals surface area contributed by atoms with Crippen molar-refractivity contribution in [2.24, 2.45) is 0 Å². The SMILES string of the molecule is CC1(C)Nc2ccccc2N(CC(=O)OC2CCCC2)C1=O. The van der Waals surface area contributed by atoms with Crippen molar-refractivity contribution in [3.05, 3.63) is 24.3 Å². The number of benzene rings is 1. The van der Waals surface area contributed by atoms with Crippen molar-refractivity contribution < 1.29 is 14.3 Å². The molecule has 0 unspecified atom stereocenters. The fourth-order valence-electron chi connectivity index (χ4n) is 3.17. The highest BCUT2D eigenvalue weighted by atomic mass is 16.5. The van der Waals surface area contributed by atoms with E-state index >= 15 is 0 Å². The van der Waals surface area contributed by atoms with Crippen molar-refractivity contribution in [1.29, 1.82) is 0 Å². The fourth-order valence-corrected chi connectivity index (χ4v) is 3.17. The Bertz CT molecular complexity index is 591. The van der Waals surface area contributed by atoms with Crippen molar-refractivity contribution in [3.63, 3.8) is 0 Å². The Hall–Kier alpha value is -2.04. The third-order valence-electron chi connectivity index (χ3n) is 4.31. The van der Waals surface area contributed by atoms with Gasteiger partial charge in [-0.1, -0.05) is 12.1 Å². The summed E-state index contributed by atoms with van der Waals surface area (Å²) >= 11 is 0. The summed E-state index contributed by atoms with van der Waals surface area (Å²) < 4.78 is 5.49. The van der Waals surface area contributed by atoms with Gasteiger partial charge >= 0.3 is 5.97 Å². The van der Waals surface area contributed by atoms with Gasteiger partial charge in [-0.15, -0.1) is 0 Å². The second kappa shape index (κ2) is 5.63. The van der Waals surface area contributed by atoms with Crippen molar-refractivity contribution >= 4 is 23.3 Å². The molecule has 1 N–H and O–H groups in total. The molecule has 1 saturated carbocycles. The molecule has 5 nitrogen and oxygen atoms in total. The molecule has 1 aliphatic carbocycles. The summed E-state index contributed by atoms with van der Waals surface area (Å²) in [6.45, 7) is 3.61. The zero-order valence-corrected chi connectivity index (χ0v) is 13.1. The summed E-state index contributed by atoms with van der Waals surface area (Å²) in [5.74, 6) is -0.442. The smallest absolute Gasteiger partial charge is 0.326 e. The summed E-state index contributed by atoms with van der Waals surface area (Å²) in [6.07, 6.45) is 4.11. The largest absolute Gasteiger partial charge is 0.461 e. The van der Waals surface area contributed by atoms with E-state index in [9.17, 15) is 9.59 Å². The maximum absolute atomic E-state index is 12.6. The van der Waals surface area contributed by atoms with Gasteiger partial charge in [-0.2, -0.15) is 0 Å². The minimum Gasteiger partial charge on any atom is -0.461 e. The van der Waals surface area contributed by atoms with Gasteiger partial charge in [0.15, 0.2) is 0 Å². The van der Waals surface area contributed by atoms with Crippen LogP contribution in [0, 0.1) is 0 Å². The lowest BCUT2D eigenvalue weighted by Crippen LogP contribution is -2.55. The van der Waals surface area contributed by atoms with Crippen molar-refractivity contribution in [2.45, 2.75) is 51.2 Å². The molecule has 2 aliphatic rings. The highest BCUT2D eigenvalue weighted by Crippen LogP contribution is 2.35. The highest BCUT2D eigenvalue weighted by Gasteiger charge is 2.39. The normalized spacial score (nSPS) is 20.5. The van der Waals surface area contributed by atoms with Gasteiger partial charge < -0.3 is 10.1 Å². The van der Waals surface area contributed by atoms with Crippen LogP contribution in [0.15, 0.2) is 24.3 Å². The first-order valence-corrected chi connectivity index (χ1v) is 7.86. The minimum atomic E-state index is -0.734. The number of carbonyl (C=O) groups is 2. The lowest BCUT2D eigenvalue weighted by atomic mass is 9.98. The third-order valence-corrected chi connectivity index (χ3v) is 4.31. The first-order chi connectivity index (χ1) is 10.5. The number of anilines is 2. The predicted octanol–water partition coefficient (Wildman–Crippen LogP) is 2.71. The third kappa shape index (κ3) is 2.80. The molecule has 0 spiro atoms. The molecule has 118 valence electrons. The molecule has 1 aromatic carbocycles. The molecule has 0 saturated heterocycles. The van der Waals surface area contributed by atoms with Crippen LogP contribution >= 0.6 is 0 Å². The molecular weight excluding hydrogens is 280 g/mol. The summed E-state index contributed by atoms with van der Waals surface area (Å²) in [5, 5.41) is 3.22. The van der Waals surface area contributed by atoms with Gasteiger partial charge in [-0.25, -0.2) is 0 Å². The maximum Gasteiger partial charge on any atom is 0.326 e. The Labute approximate surface area is 130 Å². The molecular formula is C17H22N2O3. The Morgan fingerprint density at radius 2 is 2.00 bits per heavy atom. The van der Waals surface area contributed by atoms with Gasteiger partial charge in [0.1, 0.15) is 18.2 Å². The number of amides is 1. The number of esters is 1. The van der Waals surface area contributed by atoms with Gasteiger partial charge in [-0.3, -0.25) is 14.5 Å². The predicted molar refractivity (Wildman–Crippen MR) is 84.8 cm³/mol. The molecule has 0 bridgehead atoms. The number of fused-ring (bicyclic) bond motifs is 1. The number of para-hydroxylation sites is 2. The summed E-state index contributed by atoms with van der Waals surface area (Å²) in [6, 6.07) is 7.53. The average molecular weight is 302 g/mol. The number of hydrogen-bond donors (Lipinski definition) is 1. The number of ether oxygens (including phenoxy) is 1. The molecule has 22 heavy (non-hydrogen) atoms. The lowest BCUT2D eigenvalue weighted by Gasteiger charge is -2.39. The van der Waals surface area contributed by atoms with Crippen LogP contribution < -0.4 is 10.2 Å². The number of rotatable bonds is 3. The van der Waals surface area contributed by atoms with E-state index < -0.39 is 5.54 Å². The molecule has 5 heteroatoms. The summed E-state index contributed by atoms with van der Waals surface area (Å²) in [4.78, 5) is 26.4. The average Bonchev–Trinajstić information content (AvgIpc) is 2.96. The summed E-state index contributed by atoms with van der Waals surface area (Å²) in [5.41, 5.74) is 0.859. The topological polar surface area (TPSA) is 58.6 Å². The molecule has 0 atom stereocenters. The zero-order chi connectivity index (χ0) is 15.7. The van der Waals surface area contributed by atoms with Gasteiger partial charge in [-0.05, 0) is 51.7 Å². The molecule has 1 heterocycles. The Morgan fingerprint density at radius 3 is 2.73 bits per heavy atom. The van der Waals surface area contributed by atoms with Gasteiger partial charge in [0.25, 0.3) is 5.91 Å². The monoisotopic (exact) mass is 302 g/mol. The van der Waals surface area contributed by atoms with Crippen LogP contribution in [0.1, 0.15) is 39.5 Å². The van der Waals surface area contributed by atoms with E-state index in [-0.39, 0.29) is 24.5 Å². The second-order valence-electron chi connectivity index (χ2n) is 6.55. The molecule has 1 amide bonds. The molecule has 1 aliphatic heterocycles. The molecule has 1 fully saturated rings. The van der Waals surface area contributed by atoms with E-state index in [2.05, 4.69) is 5.32 Å². The molecule has 3 rings (SSSR count). The maximum atomic E-state index is 12.6. The second-order valence-corrected chi connectivity index (χ2v) is 6.55. The number of carbonyl (C=O) groups excluding carboxylic acids is 2. The van der Waals surface area contributed by atoms with Crippen LogP contribution in [-0.2, 0) is 14.3 Å². The van der Waals surface area contributed by atoms with Gasteiger partial charge in [0.05, 0.1) is 11.4 Å². The highest BCUT2D eigenvalue weighted by molar-refractivity contribution is 6.09. The first-order valence-electron chi connectivity index (χ1n) is 7.86. The first kappa shape index (κ1) is 14.9. The van der Waals surface area contributed by atoms with E-state index in [1.165, 1.54) is 4.90 Å². The zero-order valence-electron chi connectivity index (χ0n) is 13.1. The number of nitrogens with zero attached hydrogens (tertiary/aromatic N) is 1. The van der Waals surface area contributed by atoms with E-state index in [4.69, 9.17) is 4.74 Å². The number of hydrogen-bond acceptors (Lipinski definition) is 4. The van der Waals surface area contributed by atoms with E-state index in [1.54, 1.807) is 0 Å². The van der Waals surface area contributed by atoms with E-state index in [0.29, 0.717) is 0 Å². The van der Waals surface area contributed by atoms with Crippen LogP contribution in [0.25, 0.3) is 0 Å². The van der Waals surface area contributed by atoms with Crippen molar-refractivity contribution in [3.8, 4) is 0 Å². The minimum absolute atomic E-state index is 0.0220. The van der Waals surface area contributed by atoms with Crippen LogP contribution in [0.3, 0.4) is 0 Å². The van der Waals surface area contributed by atoms with Crippen LogP contribution in [0.4, 0.5) is 11.4 Å². The molecule has 0 radical (unpaired) electrons.